The van der Waals surface area contributed by atoms with Gasteiger partial charge in [0.15, 0.2) is 0 Å². The lowest BCUT2D eigenvalue weighted by molar-refractivity contribution is -0.115. The third-order valence-electron chi connectivity index (χ3n) is 5.67. The second-order valence-electron chi connectivity index (χ2n) is 8.11. The summed E-state index contributed by atoms with van der Waals surface area (Å²) in [5.41, 5.74) is 4.26. The van der Waals surface area contributed by atoms with E-state index in [1.54, 1.807) is 24.3 Å². The molecule has 4 nitrogen and oxygen atoms in total. The smallest absolute Gasteiger partial charge is 0.258 e. The van der Waals surface area contributed by atoms with Crippen molar-refractivity contribution in [3.05, 3.63) is 125 Å². The van der Waals surface area contributed by atoms with Gasteiger partial charge in [0.05, 0.1) is 5.56 Å². The van der Waals surface area contributed by atoms with Crippen molar-refractivity contribution in [3.63, 3.8) is 0 Å². The molecule has 0 saturated heterocycles. The number of aryl methyl sites for hydroxylation is 1. The topological polar surface area (TPSA) is 58.2 Å². The third kappa shape index (κ3) is 5.97. The number of anilines is 2. The average Bonchev–Trinajstić information content (AvgIpc) is 2.86. The minimum absolute atomic E-state index is 0.0272. The number of rotatable bonds is 7. The van der Waals surface area contributed by atoms with Crippen LogP contribution in [0.25, 0.3) is 0 Å². The van der Waals surface area contributed by atoms with E-state index < -0.39 is 17.0 Å². The average molecular weight is 485 g/mol. The Morgan fingerprint density at radius 2 is 1.51 bits per heavy atom. The van der Waals surface area contributed by atoms with Crippen molar-refractivity contribution in [2.24, 2.45) is 0 Å². The summed E-state index contributed by atoms with van der Waals surface area (Å²) in [4.78, 5) is 26.8. The van der Waals surface area contributed by atoms with Gasteiger partial charge in [-0.2, -0.15) is 0 Å². The Bertz CT molecular complexity index is 1360. The quantitative estimate of drug-likeness (QED) is 0.274. The van der Waals surface area contributed by atoms with Gasteiger partial charge in [0.1, 0.15) is 11.1 Å². The molecule has 6 heteroatoms. The van der Waals surface area contributed by atoms with E-state index in [0.717, 1.165) is 27.3 Å². The molecule has 4 aromatic rings. The molecule has 0 saturated carbocycles. The van der Waals surface area contributed by atoms with Crippen LogP contribution in [0.4, 0.5) is 15.8 Å². The number of benzene rings is 4. The van der Waals surface area contributed by atoms with E-state index in [9.17, 15) is 14.0 Å². The third-order valence-corrected chi connectivity index (χ3v) is 6.92. The van der Waals surface area contributed by atoms with Crippen molar-refractivity contribution in [2.75, 3.05) is 10.6 Å². The van der Waals surface area contributed by atoms with Gasteiger partial charge in [-0.15, -0.1) is 11.8 Å². The molecule has 0 radical (unpaired) electrons. The first-order valence-electron chi connectivity index (χ1n) is 11.2. The summed E-state index contributed by atoms with van der Waals surface area (Å²) >= 11 is 1.38. The maximum Gasteiger partial charge on any atom is 0.258 e. The van der Waals surface area contributed by atoms with Crippen LogP contribution in [0.5, 0.6) is 0 Å². The Morgan fingerprint density at radius 3 is 2.29 bits per heavy atom. The number of carbonyl (C=O) groups is 2. The lowest BCUT2D eigenvalue weighted by Crippen LogP contribution is -2.19. The van der Waals surface area contributed by atoms with E-state index >= 15 is 0 Å². The van der Waals surface area contributed by atoms with Gasteiger partial charge < -0.3 is 10.6 Å². The molecule has 176 valence electrons. The predicted molar refractivity (Wildman–Crippen MR) is 140 cm³/mol. The second kappa shape index (κ2) is 11.0. The second-order valence-corrected chi connectivity index (χ2v) is 9.29. The van der Waals surface area contributed by atoms with Gasteiger partial charge >= 0.3 is 0 Å². The summed E-state index contributed by atoms with van der Waals surface area (Å²) in [6, 6.07) is 28.4. The van der Waals surface area contributed by atoms with Crippen LogP contribution >= 0.6 is 11.8 Å². The molecule has 4 rings (SSSR count). The maximum atomic E-state index is 14.0. The first kappa shape index (κ1) is 24.2. The Hall–Kier alpha value is -3.90. The zero-order valence-corrected chi connectivity index (χ0v) is 20.2. The van der Waals surface area contributed by atoms with Gasteiger partial charge in [-0.1, -0.05) is 60.7 Å². The Labute approximate surface area is 208 Å². The van der Waals surface area contributed by atoms with E-state index in [2.05, 4.69) is 10.6 Å². The molecule has 1 atom stereocenters. The summed E-state index contributed by atoms with van der Waals surface area (Å²) in [5.74, 6) is -1.25. The number of halogens is 1. The Kier molecular flexibility index (Phi) is 7.63. The number of thioether (sulfide) groups is 1. The molecule has 0 spiro atoms. The molecule has 0 bridgehead atoms. The first-order valence-corrected chi connectivity index (χ1v) is 12.0. The lowest BCUT2D eigenvalue weighted by Gasteiger charge is -2.19. The summed E-state index contributed by atoms with van der Waals surface area (Å²) < 4.78 is 14.0. The molecule has 0 aliphatic carbocycles. The van der Waals surface area contributed by atoms with Crippen LogP contribution in [-0.2, 0) is 4.79 Å². The van der Waals surface area contributed by atoms with Crippen LogP contribution in [0.15, 0.2) is 102 Å². The normalized spacial score (nSPS) is 11.5. The number of nitrogens with one attached hydrogen (secondary N) is 2. The van der Waals surface area contributed by atoms with Crippen LogP contribution in [0.3, 0.4) is 0 Å². The molecule has 35 heavy (non-hydrogen) atoms. The first-order chi connectivity index (χ1) is 16.9. The monoisotopic (exact) mass is 484 g/mol. The number of amides is 2. The summed E-state index contributed by atoms with van der Waals surface area (Å²) in [6.45, 7) is 3.99. The molecular weight excluding hydrogens is 459 g/mol. The summed E-state index contributed by atoms with van der Waals surface area (Å²) in [5, 5.41) is 5.30. The van der Waals surface area contributed by atoms with E-state index in [1.165, 1.54) is 30.0 Å². The molecule has 0 aliphatic heterocycles. The molecule has 0 aliphatic rings. The molecule has 0 heterocycles. The van der Waals surface area contributed by atoms with Crippen molar-refractivity contribution < 1.29 is 14.0 Å². The standard InChI is InChI=1S/C29H25FN2O2S/c1-19-10-8-17-26(20(19)2)32-29(34)27(21-11-4-3-5-12-21)35-23-14-9-13-22(18-23)31-28(33)24-15-6-7-16-25(24)30/h3-18,27H,1-2H3,(H,31,33)(H,32,34). The van der Waals surface area contributed by atoms with E-state index in [1.807, 2.05) is 68.4 Å². The van der Waals surface area contributed by atoms with Gasteiger partial charge in [0, 0.05) is 16.3 Å². The van der Waals surface area contributed by atoms with Gasteiger partial charge in [-0.05, 0) is 66.9 Å². The highest BCUT2D eigenvalue weighted by atomic mass is 32.2. The van der Waals surface area contributed by atoms with Crippen molar-refractivity contribution >= 4 is 35.0 Å². The SMILES string of the molecule is Cc1cccc(NC(=O)C(Sc2cccc(NC(=O)c3ccccc3F)c2)c2ccccc2)c1C. The van der Waals surface area contributed by atoms with Crippen molar-refractivity contribution in [1.29, 1.82) is 0 Å². The lowest BCUT2D eigenvalue weighted by atomic mass is 10.1. The minimum Gasteiger partial charge on any atom is -0.325 e. The van der Waals surface area contributed by atoms with Crippen molar-refractivity contribution in [2.45, 2.75) is 24.0 Å². The van der Waals surface area contributed by atoms with Crippen molar-refractivity contribution in [1.82, 2.24) is 0 Å². The van der Waals surface area contributed by atoms with E-state index in [4.69, 9.17) is 0 Å². The van der Waals surface area contributed by atoms with E-state index in [-0.39, 0.29) is 11.5 Å². The molecule has 1 unspecified atom stereocenters. The van der Waals surface area contributed by atoms with Gasteiger partial charge in [-0.3, -0.25) is 9.59 Å². The Morgan fingerprint density at radius 1 is 0.800 bits per heavy atom. The van der Waals surface area contributed by atoms with Gasteiger partial charge in [0.25, 0.3) is 5.91 Å². The van der Waals surface area contributed by atoms with Gasteiger partial charge in [0.2, 0.25) is 5.91 Å². The maximum absolute atomic E-state index is 14.0. The highest BCUT2D eigenvalue weighted by molar-refractivity contribution is 8.00. The molecular formula is C29H25FN2O2S. The Balaban J connectivity index is 1.57. The highest BCUT2D eigenvalue weighted by Crippen LogP contribution is 2.37. The molecule has 2 amide bonds. The predicted octanol–water partition coefficient (Wildman–Crippen LogP) is 7.17. The van der Waals surface area contributed by atoms with Crippen LogP contribution < -0.4 is 10.6 Å². The number of carbonyl (C=O) groups excluding carboxylic acids is 2. The zero-order chi connectivity index (χ0) is 24.8. The summed E-state index contributed by atoms with van der Waals surface area (Å²) in [7, 11) is 0. The fourth-order valence-electron chi connectivity index (χ4n) is 3.61. The van der Waals surface area contributed by atoms with Crippen molar-refractivity contribution in [3.8, 4) is 0 Å². The molecule has 2 N–H and O–H groups in total. The molecule has 0 aromatic heterocycles. The van der Waals surface area contributed by atoms with Gasteiger partial charge in [-0.25, -0.2) is 4.39 Å². The summed E-state index contributed by atoms with van der Waals surface area (Å²) in [6.07, 6.45) is 0. The fraction of sp³-hybridized carbons (Fsp3) is 0.103. The highest BCUT2D eigenvalue weighted by Gasteiger charge is 2.23. The largest absolute Gasteiger partial charge is 0.325 e. The molecule has 0 fully saturated rings. The van der Waals surface area contributed by atoms with Crippen LogP contribution in [0, 0.1) is 19.7 Å². The number of hydrogen-bond donors (Lipinski definition) is 2. The zero-order valence-electron chi connectivity index (χ0n) is 19.4. The van der Waals surface area contributed by atoms with E-state index in [0.29, 0.717) is 5.69 Å². The minimum atomic E-state index is -0.581. The van der Waals surface area contributed by atoms with Crippen LogP contribution in [-0.4, -0.2) is 11.8 Å². The van der Waals surface area contributed by atoms with Crippen LogP contribution in [0.1, 0.15) is 32.3 Å². The molecule has 4 aromatic carbocycles. The van der Waals surface area contributed by atoms with Crippen LogP contribution in [0.2, 0.25) is 0 Å². The number of hydrogen-bond acceptors (Lipinski definition) is 3. The fourth-order valence-corrected chi connectivity index (χ4v) is 4.70.